The van der Waals surface area contributed by atoms with Gasteiger partial charge in [0, 0.05) is 23.4 Å². The zero-order chi connectivity index (χ0) is 11.9. The molecular weight excluding hydrogens is 321 g/mol. The number of fused-ring (bicyclic) bond motifs is 1. The summed E-state index contributed by atoms with van der Waals surface area (Å²) in [6, 6.07) is 3.53. The fraction of sp³-hybridized carbons (Fsp3) is 0.200. The van der Waals surface area contributed by atoms with Gasteiger partial charge in [-0.15, -0.1) is 0 Å². The first-order valence-corrected chi connectivity index (χ1v) is 5.73. The topological polar surface area (TPSA) is 66.9 Å². The van der Waals surface area contributed by atoms with E-state index in [2.05, 4.69) is 32.9 Å². The van der Waals surface area contributed by atoms with E-state index in [1.807, 2.05) is 0 Å². The van der Waals surface area contributed by atoms with Crippen molar-refractivity contribution >= 4 is 39.2 Å². The van der Waals surface area contributed by atoms with Gasteiger partial charge in [-0.25, -0.2) is 4.79 Å². The number of rotatable bonds is 1. The average Bonchev–Trinajstić information content (AvgIpc) is 2.27. The van der Waals surface area contributed by atoms with Gasteiger partial charge in [-0.1, -0.05) is 0 Å². The summed E-state index contributed by atoms with van der Waals surface area (Å²) in [4.78, 5) is 25.9. The summed E-state index contributed by atoms with van der Waals surface area (Å²) in [5, 5.41) is 3.52. The van der Waals surface area contributed by atoms with E-state index >= 15 is 0 Å². The van der Waals surface area contributed by atoms with Crippen molar-refractivity contribution in [2.75, 3.05) is 12.4 Å². The molecule has 0 unspecified atom stereocenters. The first-order chi connectivity index (χ1) is 7.54. The molecule has 2 rings (SSSR count). The molecule has 0 atom stereocenters. The summed E-state index contributed by atoms with van der Waals surface area (Å²) in [6.07, 6.45) is 0. The monoisotopic (exact) mass is 331 g/mol. The van der Waals surface area contributed by atoms with Crippen LogP contribution < -0.4 is 16.6 Å². The van der Waals surface area contributed by atoms with Crippen LogP contribution in [-0.4, -0.2) is 16.6 Å². The van der Waals surface area contributed by atoms with E-state index in [0.29, 0.717) is 10.9 Å². The molecule has 2 aromatic rings. The highest BCUT2D eigenvalue weighted by molar-refractivity contribution is 14.1. The molecule has 6 heteroatoms. The Morgan fingerprint density at radius 3 is 2.69 bits per heavy atom. The number of nitrogens with zero attached hydrogens (tertiary/aromatic N) is 1. The van der Waals surface area contributed by atoms with Crippen LogP contribution in [0.2, 0.25) is 0 Å². The first-order valence-electron chi connectivity index (χ1n) is 4.65. The van der Waals surface area contributed by atoms with Crippen LogP contribution in [0.5, 0.6) is 0 Å². The van der Waals surface area contributed by atoms with Gasteiger partial charge in [0.05, 0.1) is 10.9 Å². The highest BCUT2D eigenvalue weighted by atomic mass is 127. The van der Waals surface area contributed by atoms with E-state index in [0.717, 1.165) is 13.8 Å². The number of anilines is 1. The van der Waals surface area contributed by atoms with E-state index in [1.54, 1.807) is 19.2 Å². The van der Waals surface area contributed by atoms with Gasteiger partial charge >= 0.3 is 5.69 Å². The van der Waals surface area contributed by atoms with Gasteiger partial charge in [-0.2, -0.15) is 0 Å². The maximum Gasteiger partial charge on any atom is 0.328 e. The van der Waals surface area contributed by atoms with Crippen molar-refractivity contribution in [3.63, 3.8) is 0 Å². The van der Waals surface area contributed by atoms with Crippen molar-refractivity contribution in [3.8, 4) is 0 Å². The molecule has 0 amide bonds. The highest BCUT2D eigenvalue weighted by Gasteiger charge is 2.07. The number of nitrogens with one attached hydrogen (secondary N) is 2. The summed E-state index contributed by atoms with van der Waals surface area (Å²) in [5.41, 5.74) is 0.759. The smallest absolute Gasteiger partial charge is 0.328 e. The lowest BCUT2D eigenvalue weighted by Crippen LogP contribution is -2.32. The van der Waals surface area contributed by atoms with Crippen molar-refractivity contribution in [3.05, 3.63) is 36.5 Å². The number of H-pyrrole nitrogens is 1. The summed E-state index contributed by atoms with van der Waals surface area (Å²) >= 11 is 2.14. The molecule has 84 valence electrons. The van der Waals surface area contributed by atoms with Crippen molar-refractivity contribution in [1.29, 1.82) is 0 Å². The molecule has 0 fully saturated rings. The van der Waals surface area contributed by atoms with Crippen LogP contribution in [0.15, 0.2) is 21.7 Å². The van der Waals surface area contributed by atoms with Crippen LogP contribution in [0.1, 0.15) is 0 Å². The Kier molecular flexibility index (Phi) is 2.75. The van der Waals surface area contributed by atoms with E-state index in [4.69, 9.17) is 0 Å². The lowest BCUT2D eigenvalue weighted by molar-refractivity contribution is 0.794. The van der Waals surface area contributed by atoms with Gasteiger partial charge in [-0.05, 0) is 34.7 Å². The second-order valence-corrected chi connectivity index (χ2v) is 4.58. The third kappa shape index (κ3) is 1.62. The van der Waals surface area contributed by atoms with E-state index in [1.165, 1.54) is 7.05 Å². The third-order valence-corrected chi connectivity index (χ3v) is 3.35. The van der Waals surface area contributed by atoms with Crippen LogP contribution >= 0.6 is 22.6 Å². The van der Waals surface area contributed by atoms with Crippen LogP contribution in [0, 0.1) is 3.57 Å². The van der Waals surface area contributed by atoms with Crippen molar-refractivity contribution < 1.29 is 0 Å². The lowest BCUT2D eigenvalue weighted by Gasteiger charge is -2.06. The van der Waals surface area contributed by atoms with Crippen LogP contribution in [0.4, 0.5) is 5.69 Å². The molecular formula is C10H10IN3O2. The Morgan fingerprint density at radius 1 is 1.38 bits per heavy atom. The Balaban J connectivity index is 2.98. The van der Waals surface area contributed by atoms with Crippen molar-refractivity contribution in [2.45, 2.75) is 0 Å². The van der Waals surface area contributed by atoms with Gasteiger partial charge in [0.2, 0.25) is 0 Å². The minimum absolute atomic E-state index is 0.278. The maximum atomic E-state index is 11.8. The molecule has 0 spiro atoms. The number of hydrogen-bond acceptors (Lipinski definition) is 3. The quantitative estimate of drug-likeness (QED) is 0.762. The van der Waals surface area contributed by atoms with E-state index in [-0.39, 0.29) is 5.56 Å². The predicted molar refractivity (Wildman–Crippen MR) is 72.1 cm³/mol. The second-order valence-electron chi connectivity index (χ2n) is 3.42. The second kappa shape index (κ2) is 3.93. The Bertz CT molecular complexity index is 672. The third-order valence-electron chi connectivity index (χ3n) is 2.46. The Morgan fingerprint density at radius 2 is 2.06 bits per heavy atom. The van der Waals surface area contributed by atoms with Gasteiger partial charge in [0.1, 0.15) is 0 Å². The summed E-state index contributed by atoms with van der Waals surface area (Å²) < 4.78 is 2.01. The Hall–Kier alpha value is -1.31. The number of halogens is 1. The van der Waals surface area contributed by atoms with Crippen LogP contribution in [0.25, 0.3) is 10.9 Å². The van der Waals surface area contributed by atoms with Gasteiger partial charge in [0.25, 0.3) is 5.56 Å². The van der Waals surface area contributed by atoms with E-state index < -0.39 is 5.69 Å². The fourth-order valence-electron chi connectivity index (χ4n) is 1.52. The Labute approximate surface area is 105 Å². The number of hydrogen-bond donors (Lipinski definition) is 2. The molecule has 0 radical (unpaired) electrons. The van der Waals surface area contributed by atoms with E-state index in [9.17, 15) is 9.59 Å². The molecule has 16 heavy (non-hydrogen) atoms. The molecule has 0 aliphatic carbocycles. The molecule has 1 heterocycles. The van der Waals surface area contributed by atoms with Crippen LogP contribution in [0.3, 0.4) is 0 Å². The zero-order valence-corrected chi connectivity index (χ0v) is 11.0. The zero-order valence-electron chi connectivity index (χ0n) is 8.80. The molecule has 0 aliphatic rings. The minimum Gasteiger partial charge on any atom is -0.387 e. The normalized spacial score (nSPS) is 10.7. The predicted octanol–water partition coefficient (Wildman–Crippen LogP) is 0.873. The molecule has 0 saturated heterocycles. The van der Waals surface area contributed by atoms with Crippen LogP contribution in [-0.2, 0) is 7.05 Å². The van der Waals surface area contributed by atoms with Gasteiger partial charge < -0.3 is 10.3 Å². The highest BCUT2D eigenvalue weighted by Crippen LogP contribution is 2.21. The molecule has 0 saturated carbocycles. The molecule has 5 nitrogen and oxygen atoms in total. The van der Waals surface area contributed by atoms with Gasteiger partial charge in [-0.3, -0.25) is 9.36 Å². The average molecular weight is 331 g/mol. The standard InChI is InChI=1S/C10H10IN3O2/c1-12-8-4-7-5(3-6(8)11)9(15)14(2)10(16)13-7/h3-4,12H,1-2H3,(H,13,16). The molecule has 1 aromatic carbocycles. The SMILES string of the molecule is CNc1cc2[nH]c(=O)n(C)c(=O)c2cc1I. The summed E-state index contributed by atoms with van der Waals surface area (Å²) in [7, 11) is 3.25. The number of benzene rings is 1. The number of aromatic amines is 1. The molecule has 1 aromatic heterocycles. The maximum absolute atomic E-state index is 11.8. The largest absolute Gasteiger partial charge is 0.387 e. The number of aromatic nitrogens is 2. The summed E-state index contributed by atoms with van der Waals surface area (Å²) in [6.45, 7) is 0. The minimum atomic E-state index is -0.402. The molecule has 0 bridgehead atoms. The van der Waals surface area contributed by atoms with Crippen molar-refractivity contribution in [1.82, 2.24) is 9.55 Å². The first kappa shape index (κ1) is 11.2. The molecule has 2 N–H and O–H groups in total. The lowest BCUT2D eigenvalue weighted by atomic mass is 10.2. The molecule has 0 aliphatic heterocycles. The summed E-state index contributed by atoms with van der Waals surface area (Å²) in [5.74, 6) is 0. The van der Waals surface area contributed by atoms with Gasteiger partial charge in [0.15, 0.2) is 0 Å². The van der Waals surface area contributed by atoms with Crippen molar-refractivity contribution in [2.24, 2.45) is 7.05 Å². The fourth-order valence-corrected chi connectivity index (χ4v) is 2.25.